The van der Waals surface area contributed by atoms with Gasteiger partial charge in [-0.1, -0.05) is 6.07 Å². The van der Waals surface area contributed by atoms with Gasteiger partial charge in [0.2, 0.25) is 0 Å². The molecule has 2 unspecified atom stereocenters. The van der Waals surface area contributed by atoms with Crippen LogP contribution in [0, 0.1) is 0 Å². The number of aromatic nitrogens is 1. The number of hydrogen-bond acceptors (Lipinski definition) is 4. The summed E-state index contributed by atoms with van der Waals surface area (Å²) in [6.45, 7) is 2.21. The summed E-state index contributed by atoms with van der Waals surface area (Å²) in [5, 5.41) is 3.87. The van der Waals surface area contributed by atoms with Crippen molar-refractivity contribution in [3.8, 4) is 0 Å². The van der Waals surface area contributed by atoms with E-state index in [0.29, 0.717) is 18.2 Å². The lowest BCUT2D eigenvalue weighted by Gasteiger charge is -2.37. The molecule has 4 nitrogen and oxygen atoms in total. The molecule has 1 aromatic heterocycles. The predicted octanol–water partition coefficient (Wildman–Crippen LogP) is 2.60. The highest BCUT2D eigenvalue weighted by Gasteiger charge is 2.26. The van der Waals surface area contributed by atoms with Gasteiger partial charge in [0.1, 0.15) is 5.82 Å². The van der Waals surface area contributed by atoms with Crippen molar-refractivity contribution in [3.63, 3.8) is 0 Å². The third kappa shape index (κ3) is 3.95. The van der Waals surface area contributed by atoms with Crippen LogP contribution in [0.1, 0.15) is 38.5 Å². The van der Waals surface area contributed by atoms with E-state index < -0.39 is 0 Å². The highest BCUT2D eigenvalue weighted by molar-refractivity contribution is 5.38. The molecule has 3 rings (SSSR count). The Morgan fingerprint density at radius 1 is 1.14 bits per heavy atom. The molecule has 0 amide bonds. The number of rotatable bonds is 4. The Balaban J connectivity index is 1.45. The number of nitrogens with zero attached hydrogens (tertiary/aromatic N) is 2. The second-order valence-electron chi connectivity index (χ2n) is 6.34. The summed E-state index contributed by atoms with van der Waals surface area (Å²) in [5.41, 5.74) is 0. The van der Waals surface area contributed by atoms with Crippen LogP contribution in [0.15, 0.2) is 24.4 Å². The van der Waals surface area contributed by atoms with Crippen LogP contribution in [0.4, 0.5) is 5.82 Å². The first kappa shape index (κ1) is 14.8. The highest BCUT2D eigenvalue weighted by Crippen LogP contribution is 2.23. The number of anilines is 1. The molecular formula is C17H27N3O. The van der Waals surface area contributed by atoms with Crippen molar-refractivity contribution in [2.24, 2.45) is 0 Å². The van der Waals surface area contributed by atoms with Gasteiger partial charge in [0, 0.05) is 38.5 Å². The largest absolute Gasteiger partial charge is 0.381 e. The van der Waals surface area contributed by atoms with Crippen LogP contribution in [-0.4, -0.2) is 43.4 Å². The first-order chi connectivity index (χ1) is 10.3. The molecule has 0 aromatic carbocycles. The van der Waals surface area contributed by atoms with Crippen molar-refractivity contribution in [3.05, 3.63) is 24.4 Å². The topological polar surface area (TPSA) is 37.4 Å². The summed E-state index contributed by atoms with van der Waals surface area (Å²) in [6, 6.07) is 7.46. The Kier molecular flexibility index (Phi) is 5.09. The molecular weight excluding hydrogens is 262 g/mol. The van der Waals surface area contributed by atoms with Crippen LogP contribution in [0.3, 0.4) is 0 Å². The molecule has 1 saturated heterocycles. The van der Waals surface area contributed by atoms with E-state index in [1.165, 1.54) is 38.5 Å². The van der Waals surface area contributed by atoms with E-state index >= 15 is 0 Å². The van der Waals surface area contributed by atoms with Gasteiger partial charge in [0.05, 0.1) is 6.10 Å². The van der Waals surface area contributed by atoms with E-state index in [-0.39, 0.29) is 0 Å². The van der Waals surface area contributed by atoms with Crippen LogP contribution in [0.25, 0.3) is 0 Å². The Hall–Kier alpha value is -1.13. The molecule has 0 radical (unpaired) electrons. The summed E-state index contributed by atoms with van der Waals surface area (Å²) in [6.07, 6.45) is 9.78. The molecule has 116 valence electrons. The maximum absolute atomic E-state index is 5.53. The van der Waals surface area contributed by atoms with Crippen molar-refractivity contribution < 1.29 is 4.74 Å². The first-order valence-electron chi connectivity index (χ1n) is 8.30. The molecule has 4 heteroatoms. The minimum Gasteiger partial charge on any atom is -0.381 e. The predicted molar refractivity (Wildman–Crippen MR) is 85.7 cm³/mol. The van der Waals surface area contributed by atoms with Crippen molar-refractivity contribution in [1.29, 1.82) is 0 Å². The lowest BCUT2D eigenvalue weighted by atomic mass is 9.91. The lowest BCUT2D eigenvalue weighted by Crippen LogP contribution is -2.48. The third-order valence-corrected chi connectivity index (χ3v) is 4.90. The molecule has 2 fully saturated rings. The lowest BCUT2D eigenvalue weighted by molar-refractivity contribution is 0.0563. The van der Waals surface area contributed by atoms with E-state index in [0.717, 1.165) is 18.9 Å². The quantitative estimate of drug-likeness (QED) is 0.924. The summed E-state index contributed by atoms with van der Waals surface area (Å²) < 4.78 is 5.53. The molecule has 1 saturated carbocycles. The Bertz CT molecular complexity index is 417. The molecule has 21 heavy (non-hydrogen) atoms. The fraction of sp³-hybridized carbons (Fsp3) is 0.706. The molecule has 2 atom stereocenters. The van der Waals surface area contributed by atoms with Gasteiger partial charge in [-0.3, -0.25) is 0 Å². The van der Waals surface area contributed by atoms with E-state index in [1.807, 2.05) is 19.4 Å². The van der Waals surface area contributed by atoms with Crippen LogP contribution < -0.4 is 10.2 Å². The zero-order valence-corrected chi connectivity index (χ0v) is 13.0. The highest BCUT2D eigenvalue weighted by atomic mass is 16.5. The zero-order chi connectivity index (χ0) is 14.5. The molecule has 1 aromatic rings. The van der Waals surface area contributed by atoms with Gasteiger partial charge in [0.25, 0.3) is 0 Å². The molecule has 0 spiro atoms. The third-order valence-electron chi connectivity index (χ3n) is 4.90. The summed E-state index contributed by atoms with van der Waals surface area (Å²) in [7, 11) is 1.85. The Morgan fingerprint density at radius 3 is 2.71 bits per heavy atom. The van der Waals surface area contributed by atoms with E-state index in [9.17, 15) is 0 Å². The van der Waals surface area contributed by atoms with E-state index in [1.54, 1.807) is 0 Å². The van der Waals surface area contributed by atoms with Crippen molar-refractivity contribution >= 4 is 5.82 Å². The Labute approximate surface area is 127 Å². The van der Waals surface area contributed by atoms with E-state index in [4.69, 9.17) is 4.74 Å². The minimum absolute atomic E-state index is 0.463. The number of piperidine rings is 1. The van der Waals surface area contributed by atoms with Crippen LogP contribution >= 0.6 is 0 Å². The van der Waals surface area contributed by atoms with Crippen LogP contribution in [0.5, 0.6) is 0 Å². The molecule has 1 aliphatic carbocycles. The molecule has 2 aliphatic rings. The van der Waals surface area contributed by atoms with Gasteiger partial charge in [-0.15, -0.1) is 0 Å². The average molecular weight is 289 g/mol. The van der Waals surface area contributed by atoms with Gasteiger partial charge < -0.3 is 15.0 Å². The van der Waals surface area contributed by atoms with Gasteiger partial charge in [-0.05, 0) is 50.7 Å². The molecule has 1 aliphatic heterocycles. The normalized spacial score (nSPS) is 27.8. The number of pyridine rings is 1. The van der Waals surface area contributed by atoms with Gasteiger partial charge >= 0.3 is 0 Å². The van der Waals surface area contributed by atoms with Crippen molar-refractivity contribution in [2.75, 3.05) is 25.1 Å². The Morgan fingerprint density at radius 2 is 2.00 bits per heavy atom. The molecule has 1 N–H and O–H groups in total. The SMILES string of the molecule is COC1CCCC(NC2CCN(c3ccccn3)CC2)C1. The summed E-state index contributed by atoms with van der Waals surface area (Å²) >= 11 is 0. The van der Waals surface area contributed by atoms with Crippen molar-refractivity contribution in [1.82, 2.24) is 10.3 Å². The minimum atomic E-state index is 0.463. The standard InChI is InChI=1S/C17H27N3O/c1-21-16-6-4-5-15(13-16)19-14-8-11-20(12-9-14)17-7-2-3-10-18-17/h2-3,7,10,14-16,19H,4-6,8-9,11-13H2,1H3. The monoisotopic (exact) mass is 289 g/mol. The number of hydrogen-bond donors (Lipinski definition) is 1. The first-order valence-corrected chi connectivity index (χ1v) is 8.30. The van der Waals surface area contributed by atoms with Crippen molar-refractivity contribution in [2.45, 2.75) is 56.7 Å². The van der Waals surface area contributed by atoms with Gasteiger partial charge in [-0.2, -0.15) is 0 Å². The van der Waals surface area contributed by atoms with Gasteiger partial charge in [0.15, 0.2) is 0 Å². The second-order valence-corrected chi connectivity index (χ2v) is 6.34. The van der Waals surface area contributed by atoms with Crippen LogP contribution in [-0.2, 0) is 4.74 Å². The maximum atomic E-state index is 5.53. The second kappa shape index (κ2) is 7.23. The molecule has 2 heterocycles. The van der Waals surface area contributed by atoms with Gasteiger partial charge in [-0.25, -0.2) is 4.98 Å². The van der Waals surface area contributed by atoms with Crippen LogP contribution in [0.2, 0.25) is 0 Å². The fourth-order valence-corrected chi connectivity index (χ4v) is 3.66. The number of ether oxygens (including phenoxy) is 1. The molecule has 0 bridgehead atoms. The number of methoxy groups -OCH3 is 1. The smallest absolute Gasteiger partial charge is 0.128 e. The summed E-state index contributed by atoms with van der Waals surface area (Å²) in [4.78, 5) is 6.85. The fourth-order valence-electron chi connectivity index (χ4n) is 3.66. The number of nitrogens with one attached hydrogen (secondary N) is 1. The average Bonchev–Trinajstić information content (AvgIpc) is 2.56. The zero-order valence-electron chi connectivity index (χ0n) is 13.0. The summed E-state index contributed by atoms with van der Waals surface area (Å²) in [5.74, 6) is 1.12. The van der Waals surface area contributed by atoms with E-state index in [2.05, 4.69) is 27.3 Å². The maximum Gasteiger partial charge on any atom is 0.128 e.